The van der Waals surface area contributed by atoms with Crippen LogP contribution in [0.25, 0.3) is 5.00 Å². The first-order valence-corrected chi connectivity index (χ1v) is 12.5. The van der Waals surface area contributed by atoms with Gasteiger partial charge in [-0.25, -0.2) is 4.79 Å². The molecule has 0 saturated heterocycles. The number of thiophene rings is 1. The Hall–Kier alpha value is -3.31. The fraction of sp³-hybridized carbons (Fsp3) is 0.250. The lowest BCUT2D eigenvalue weighted by Gasteiger charge is -2.31. The molecule has 3 heterocycles. The van der Waals surface area contributed by atoms with Crippen LogP contribution in [0.3, 0.4) is 0 Å². The number of hydrogen-bond acceptors (Lipinski definition) is 2. The van der Waals surface area contributed by atoms with Crippen molar-refractivity contribution in [3.05, 3.63) is 106 Å². The molecule has 2 aliphatic rings. The van der Waals surface area contributed by atoms with E-state index in [2.05, 4.69) is 52.5 Å². The maximum absolute atomic E-state index is 13.9. The Bertz CT molecular complexity index is 1320. The summed E-state index contributed by atoms with van der Waals surface area (Å²) in [5.41, 5.74) is 6.99. The smallest absolute Gasteiger partial charge is 0.310 e. The molecule has 2 aromatic carbocycles. The Morgan fingerprint density at radius 2 is 1.73 bits per heavy atom. The molecule has 0 radical (unpaired) electrons. The van der Waals surface area contributed by atoms with Crippen LogP contribution >= 0.6 is 11.3 Å². The molecular formula is C28H27N3OS. The topological polar surface area (TPSA) is 37.3 Å². The second-order valence-corrected chi connectivity index (χ2v) is 10.1. The van der Waals surface area contributed by atoms with Gasteiger partial charge in [-0.15, -0.1) is 11.3 Å². The SMILES string of the molecule is Cc1ccccc1NC(=O)N1Cc2c(sc3c2CCCC3)-n2cccc2[C@H]1c1ccccc1. The molecule has 0 saturated carbocycles. The molecule has 33 heavy (non-hydrogen) atoms. The zero-order valence-corrected chi connectivity index (χ0v) is 19.6. The third-order valence-electron chi connectivity index (χ3n) is 6.94. The maximum atomic E-state index is 13.9. The molecule has 4 nitrogen and oxygen atoms in total. The van der Waals surface area contributed by atoms with E-state index in [9.17, 15) is 4.79 Å². The molecule has 1 aliphatic heterocycles. The fourth-order valence-electron chi connectivity index (χ4n) is 5.27. The van der Waals surface area contributed by atoms with E-state index in [4.69, 9.17) is 0 Å². The van der Waals surface area contributed by atoms with Crippen LogP contribution in [0.5, 0.6) is 0 Å². The Labute approximate surface area is 198 Å². The summed E-state index contributed by atoms with van der Waals surface area (Å²) in [4.78, 5) is 17.4. The van der Waals surface area contributed by atoms with Crippen molar-refractivity contribution in [2.24, 2.45) is 0 Å². The number of rotatable bonds is 2. The first kappa shape index (κ1) is 20.3. The minimum Gasteiger partial charge on any atom is -0.310 e. The molecule has 4 aromatic rings. The van der Waals surface area contributed by atoms with Crippen molar-refractivity contribution in [1.29, 1.82) is 0 Å². The second kappa shape index (κ2) is 8.23. The molecular weight excluding hydrogens is 426 g/mol. The van der Waals surface area contributed by atoms with Crippen LogP contribution < -0.4 is 5.32 Å². The predicted molar refractivity (Wildman–Crippen MR) is 134 cm³/mol. The van der Waals surface area contributed by atoms with Crippen LogP contribution in [0.1, 0.15) is 51.7 Å². The summed E-state index contributed by atoms with van der Waals surface area (Å²) in [5.74, 6) is 0. The summed E-state index contributed by atoms with van der Waals surface area (Å²) >= 11 is 1.92. The van der Waals surface area contributed by atoms with E-state index in [-0.39, 0.29) is 12.1 Å². The van der Waals surface area contributed by atoms with Crippen LogP contribution in [-0.2, 0) is 19.4 Å². The third-order valence-corrected chi connectivity index (χ3v) is 8.28. The lowest BCUT2D eigenvalue weighted by Crippen LogP contribution is -2.38. The van der Waals surface area contributed by atoms with Gasteiger partial charge in [0, 0.05) is 22.3 Å². The van der Waals surface area contributed by atoms with Crippen molar-refractivity contribution in [2.75, 3.05) is 5.32 Å². The molecule has 0 fully saturated rings. The number of nitrogens with zero attached hydrogens (tertiary/aromatic N) is 2. The molecule has 5 heteroatoms. The van der Waals surface area contributed by atoms with Gasteiger partial charge in [0.05, 0.1) is 18.3 Å². The molecule has 2 aromatic heterocycles. The number of amides is 2. The molecule has 1 atom stereocenters. The average Bonchev–Trinajstić information content (AvgIpc) is 3.43. The molecule has 1 aliphatic carbocycles. The van der Waals surface area contributed by atoms with Gasteiger partial charge in [0.2, 0.25) is 0 Å². The van der Waals surface area contributed by atoms with Gasteiger partial charge in [-0.1, -0.05) is 48.5 Å². The highest BCUT2D eigenvalue weighted by atomic mass is 32.1. The number of aryl methyl sites for hydroxylation is 2. The van der Waals surface area contributed by atoms with Gasteiger partial charge in [0.25, 0.3) is 0 Å². The van der Waals surface area contributed by atoms with E-state index in [1.807, 2.05) is 53.5 Å². The van der Waals surface area contributed by atoms with E-state index >= 15 is 0 Å². The van der Waals surface area contributed by atoms with Crippen molar-refractivity contribution in [3.63, 3.8) is 0 Å². The highest BCUT2D eigenvalue weighted by molar-refractivity contribution is 7.15. The number of aromatic nitrogens is 1. The summed E-state index contributed by atoms with van der Waals surface area (Å²) in [6, 6.07) is 22.4. The summed E-state index contributed by atoms with van der Waals surface area (Å²) in [6.07, 6.45) is 6.91. The van der Waals surface area contributed by atoms with Gasteiger partial charge in [0.1, 0.15) is 5.00 Å². The normalized spacial score (nSPS) is 17.0. The van der Waals surface area contributed by atoms with E-state index in [0.717, 1.165) is 35.3 Å². The number of urea groups is 1. The molecule has 0 bridgehead atoms. The summed E-state index contributed by atoms with van der Waals surface area (Å²) in [5, 5.41) is 4.50. The van der Waals surface area contributed by atoms with Crippen LogP contribution in [-0.4, -0.2) is 15.5 Å². The summed E-state index contributed by atoms with van der Waals surface area (Å²) in [7, 11) is 0. The van der Waals surface area contributed by atoms with Crippen LogP contribution in [0, 0.1) is 6.92 Å². The van der Waals surface area contributed by atoms with Crippen molar-refractivity contribution >= 4 is 23.1 Å². The minimum absolute atomic E-state index is 0.0606. The monoisotopic (exact) mass is 453 g/mol. The third kappa shape index (κ3) is 3.47. The number of anilines is 1. The van der Waals surface area contributed by atoms with Crippen LogP contribution in [0.2, 0.25) is 0 Å². The predicted octanol–water partition coefficient (Wildman–Crippen LogP) is 6.86. The Morgan fingerprint density at radius 1 is 0.939 bits per heavy atom. The Kier molecular flexibility index (Phi) is 5.07. The van der Waals surface area contributed by atoms with Crippen molar-refractivity contribution in [2.45, 2.75) is 45.2 Å². The van der Waals surface area contributed by atoms with Crippen LogP contribution in [0.4, 0.5) is 10.5 Å². The fourth-order valence-corrected chi connectivity index (χ4v) is 6.68. The van der Waals surface area contributed by atoms with Gasteiger partial charge in [-0.2, -0.15) is 0 Å². The number of para-hydroxylation sites is 1. The highest BCUT2D eigenvalue weighted by Gasteiger charge is 2.36. The molecule has 0 unspecified atom stereocenters. The van der Waals surface area contributed by atoms with Crippen LogP contribution in [0.15, 0.2) is 72.9 Å². The van der Waals surface area contributed by atoms with Crippen molar-refractivity contribution in [1.82, 2.24) is 9.47 Å². The molecule has 1 N–H and O–H groups in total. The lowest BCUT2D eigenvalue weighted by atomic mass is 9.95. The van der Waals surface area contributed by atoms with Gasteiger partial charge in [-0.3, -0.25) is 0 Å². The van der Waals surface area contributed by atoms with E-state index in [1.165, 1.54) is 33.8 Å². The van der Waals surface area contributed by atoms with Gasteiger partial charge in [0.15, 0.2) is 0 Å². The first-order chi connectivity index (χ1) is 16.2. The summed E-state index contributed by atoms with van der Waals surface area (Å²) in [6.45, 7) is 2.64. The Balaban J connectivity index is 1.50. The number of carbonyl (C=O) groups is 1. The first-order valence-electron chi connectivity index (χ1n) is 11.7. The highest BCUT2D eigenvalue weighted by Crippen LogP contribution is 2.44. The number of benzene rings is 2. The maximum Gasteiger partial charge on any atom is 0.322 e. The summed E-state index contributed by atoms with van der Waals surface area (Å²) < 4.78 is 2.33. The minimum atomic E-state index is -0.163. The van der Waals surface area contributed by atoms with Crippen molar-refractivity contribution in [3.8, 4) is 5.00 Å². The van der Waals surface area contributed by atoms with Gasteiger partial charge >= 0.3 is 6.03 Å². The zero-order valence-electron chi connectivity index (χ0n) is 18.8. The molecule has 2 amide bonds. The van der Waals surface area contributed by atoms with Crippen molar-refractivity contribution < 1.29 is 4.79 Å². The quantitative estimate of drug-likeness (QED) is 0.354. The number of carbonyl (C=O) groups excluding carboxylic acids is 1. The lowest BCUT2D eigenvalue weighted by molar-refractivity contribution is 0.194. The Morgan fingerprint density at radius 3 is 2.58 bits per heavy atom. The van der Waals surface area contributed by atoms with Gasteiger partial charge in [-0.05, 0) is 67.5 Å². The van der Waals surface area contributed by atoms with E-state index in [0.29, 0.717) is 6.54 Å². The molecule has 0 spiro atoms. The zero-order chi connectivity index (χ0) is 22.4. The number of fused-ring (bicyclic) bond motifs is 5. The van der Waals surface area contributed by atoms with E-state index in [1.54, 1.807) is 0 Å². The molecule has 166 valence electrons. The average molecular weight is 454 g/mol. The largest absolute Gasteiger partial charge is 0.322 e. The standard InChI is InChI=1S/C28H27N3OS/c1-19-10-5-7-14-23(19)29-28(32)31-18-22-21-13-6-8-16-25(21)33-27(22)30-17-9-15-24(30)26(31)20-11-3-2-4-12-20/h2-5,7,9-12,14-15,17,26H,6,8,13,16,18H2,1H3,(H,29,32)/t26-/m1/s1. The number of nitrogens with one attached hydrogen (secondary N) is 1. The van der Waals surface area contributed by atoms with E-state index < -0.39 is 0 Å². The molecule has 6 rings (SSSR count). The number of hydrogen-bond donors (Lipinski definition) is 1. The van der Waals surface area contributed by atoms with Gasteiger partial charge < -0.3 is 14.8 Å². The second-order valence-electron chi connectivity index (χ2n) is 8.98.